The smallest absolute Gasteiger partial charge is 0.264 e. The second-order valence-electron chi connectivity index (χ2n) is 4.18. The summed E-state index contributed by atoms with van der Waals surface area (Å²) in [7, 11) is -3.78. The Morgan fingerprint density at radius 1 is 1.10 bits per heavy atom. The molecule has 0 aliphatic carbocycles. The van der Waals surface area contributed by atoms with Crippen LogP contribution in [0.25, 0.3) is 0 Å². The summed E-state index contributed by atoms with van der Waals surface area (Å²) in [6, 6.07) is 11.5. The van der Waals surface area contributed by atoms with Gasteiger partial charge in [-0.25, -0.2) is 8.42 Å². The molecule has 106 valence electrons. The van der Waals surface area contributed by atoms with E-state index >= 15 is 0 Å². The van der Waals surface area contributed by atoms with E-state index in [0.717, 1.165) is 5.56 Å². The fourth-order valence-corrected chi connectivity index (χ4v) is 3.42. The molecule has 4 N–H and O–H groups in total. The lowest BCUT2D eigenvalue weighted by Gasteiger charge is -2.14. The fourth-order valence-electron chi connectivity index (χ4n) is 1.77. The number of benzene rings is 2. The van der Waals surface area contributed by atoms with Crippen molar-refractivity contribution in [2.75, 3.05) is 10.1 Å². The third-order valence-corrected chi connectivity index (χ3v) is 4.51. The van der Waals surface area contributed by atoms with E-state index < -0.39 is 10.0 Å². The molecule has 0 saturated carbocycles. The maximum absolute atomic E-state index is 12.4. The minimum Gasteiger partial charge on any atom is -0.323 e. The molecule has 2 rings (SSSR count). The Kier molecular flexibility index (Phi) is 4.17. The van der Waals surface area contributed by atoms with Crippen LogP contribution in [-0.2, 0) is 10.0 Å². The van der Waals surface area contributed by atoms with Gasteiger partial charge in [0.15, 0.2) is 0 Å². The van der Waals surface area contributed by atoms with Gasteiger partial charge in [0.1, 0.15) is 4.90 Å². The van der Waals surface area contributed by atoms with Gasteiger partial charge in [-0.05, 0) is 30.7 Å². The van der Waals surface area contributed by atoms with Gasteiger partial charge in [-0.1, -0.05) is 35.9 Å². The van der Waals surface area contributed by atoms with E-state index in [1.54, 1.807) is 43.3 Å². The summed E-state index contributed by atoms with van der Waals surface area (Å²) in [6.07, 6.45) is 0. The highest BCUT2D eigenvalue weighted by Gasteiger charge is 2.20. The second-order valence-corrected chi connectivity index (χ2v) is 6.24. The Bertz CT molecular complexity index is 712. The number of halogens is 1. The largest absolute Gasteiger partial charge is 0.323 e. The van der Waals surface area contributed by atoms with Gasteiger partial charge in [-0.2, -0.15) is 0 Å². The van der Waals surface area contributed by atoms with Crippen LogP contribution in [0.2, 0.25) is 5.02 Å². The zero-order valence-electron chi connectivity index (χ0n) is 10.7. The number of hydrazine groups is 1. The molecule has 5 nitrogen and oxygen atoms in total. The van der Waals surface area contributed by atoms with Crippen molar-refractivity contribution in [1.82, 2.24) is 0 Å². The third-order valence-electron chi connectivity index (χ3n) is 2.79. The van der Waals surface area contributed by atoms with Crippen LogP contribution in [-0.4, -0.2) is 8.42 Å². The Morgan fingerprint density at radius 3 is 2.45 bits per heavy atom. The summed E-state index contributed by atoms with van der Waals surface area (Å²) < 4.78 is 27.3. The molecule has 7 heteroatoms. The first-order valence-corrected chi connectivity index (χ1v) is 7.65. The highest BCUT2D eigenvalue weighted by Crippen LogP contribution is 2.29. The van der Waals surface area contributed by atoms with E-state index in [2.05, 4.69) is 10.1 Å². The average Bonchev–Trinajstić information content (AvgIpc) is 2.43. The molecule has 0 fully saturated rings. The molecule has 0 atom stereocenters. The van der Waals surface area contributed by atoms with Gasteiger partial charge in [0, 0.05) is 0 Å². The van der Waals surface area contributed by atoms with Crippen molar-refractivity contribution in [3.63, 3.8) is 0 Å². The molecule has 20 heavy (non-hydrogen) atoms. The quantitative estimate of drug-likeness (QED) is 0.599. The van der Waals surface area contributed by atoms with Crippen LogP contribution >= 0.6 is 11.6 Å². The normalized spacial score (nSPS) is 11.2. The number of rotatable bonds is 4. The van der Waals surface area contributed by atoms with E-state index in [-0.39, 0.29) is 4.90 Å². The van der Waals surface area contributed by atoms with Crippen LogP contribution in [0.5, 0.6) is 0 Å². The number of hydrogen-bond acceptors (Lipinski definition) is 4. The number of anilines is 2. The first-order valence-electron chi connectivity index (χ1n) is 5.79. The lowest BCUT2D eigenvalue weighted by Crippen LogP contribution is -2.18. The number of para-hydroxylation sites is 2. The van der Waals surface area contributed by atoms with Crippen LogP contribution < -0.4 is 16.0 Å². The molecule has 0 spiro atoms. The van der Waals surface area contributed by atoms with Gasteiger partial charge in [0.2, 0.25) is 0 Å². The van der Waals surface area contributed by atoms with Gasteiger partial charge in [-0.15, -0.1) is 0 Å². The molecule has 0 saturated heterocycles. The second kappa shape index (κ2) is 5.70. The van der Waals surface area contributed by atoms with Gasteiger partial charge < -0.3 is 5.43 Å². The van der Waals surface area contributed by atoms with Crippen LogP contribution in [0, 0.1) is 6.92 Å². The molecule has 0 aliphatic rings. The van der Waals surface area contributed by atoms with Crippen molar-refractivity contribution in [3.8, 4) is 0 Å². The Balaban J connectivity index is 2.47. The van der Waals surface area contributed by atoms with Crippen LogP contribution in [0.1, 0.15) is 5.56 Å². The van der Waals surface area contributed by atoms with Gasteiger partial charge in [0.05, 0.1) is 16.4 Å². The molecule has 2 aromatic carbocycles. The molecular weight excluding hydrogens is 298 g/mol. The predicted molar refractivity (Wildman–Crippen MR) is 81.2 cm³/mol. The van der Waals surface area contributed by atoms with Gasteiger partial charge >= 0.3 is 0 Å². The topological polar surface area (TPSA) is 84.2 Å². The Morgan fingerprint density at radius 2 is 1.80 bits per heavy atom. The number of nitrogens with two attached hydrogens (primary N) is 1. The van der Waals surface area contributed by atoms with E-state index in [9.17, 15) is 8.42 Å². The van der Waals surface area contributed by atoms with Crippen molar-refractivity contribution >= 4 is 33.0 Å². The molecule has 0 aromatic heterocycles. The van der Waals surface area contributed by atoms with Crippen molar-refractivity contribution in [2.24, 2.45) is 5.84 Å². The van der Waals surface area contributed by atoms with Crippen LogP contribution in [0.3, 0.4) is 0 Å². The molecule has 0 amide bonds. The summed E-state index contributed by atoms with van der Waals surface area (Å²) in [4.78, 5) is 0.0572. The molecule has 0 unspecified atom stereocenters. The highest BCUT2D eigenvalue weighted by atomic mass is 35.5. The summed E-state index contributed by atoms with van der Waals surface area (Å²) >= 11 is 6.03. The third kappa shape index (κ3) is 2.87. The Labute approximate surface area is 122 Å². The van der Waals surface area contributed by atoms with Crippen LogP contribution in [0.15, 0.2) is 47.4 Å². The van der Waals surface area contributed by atoms with Gasteiger partial charge in [0.25, 0.3) is 10.0 Å². The number of nitrogens with one attached hydrogen (secondary N) is 2. The minimum atomic E-state index is -3.78. The lowest BCUT2D eigenvalue weighted by molar-refractivity contribution is 0.601. The summed E-state index contributed by atoms with van der Waals surface area (Å²) in [5.74, 6) is 5.33. The zero-order valence-corrected chi connectivity index (χ0v) is 12.3. The Hall–Kier alpha value is -1.76. The number of aryl methyl sites for hydroxylation is 1. The molecule has 0 bridgehead atoms. The number of hydrogen-bond donors (Lipinski definition) is 3. The first-order chi connectivity index (χ1) is 9.45. The first kappa shape index (κ1) is 14.6. The van der Waals surface area contributed by atoms with E-state index in [0.29, 0.717) is 16.4 Å². The van der Waals surface area contributed by atoms with Crippen molar-refractivity contribution in [1.29, 1.82) is 0 Å². The van der Waals surface area contributed by atoms with Crippen LogP contribution in [0.4, 0.5) is 11.4 Å². The zero-order chi connectivity index (χ0) is 14.8. The minimum absolute atomic E-state index is 0.0572. The molecule has 0 radical (unpaired) electrons. The summed E-state index contributed by atoms with van der Waals surface area (Å²) in [6.45, 7) is 1.77. The monoisotopic (exact) mass is 311 g/mol. The molecule has 0 aliphatic heterocycles. The van der Waals surface area contributed by atoms with E-state index in [1.807, 2.05) is 0 Å². The SMILES string of the molecule is Cc1cccc(Cl)c1NS(=O)(=O)c1ccccc1NN. The lowest BCUT2D eigenvalue weighted by atomic mass is 10.2. The molecular formula is C13H14ClN3O2S. The van der Waals surface area contributed by atoms with Gasteiger partial charge in [-0.3, -0.25) is 10.6 Å². The summed E-state index contributed by atoms with van der Waals surface area (Å²) in [5, 5.41) is 0.340. The highest BCUT2D eigenvalue weighted by molar-refractivity contribution is 7.93. The average molecular weight is 312 g/mol. The maximum Gasteiger partial charge on any atom is 0.264 e. The summed E-state index contributed by atoms with van der Waals surface area (Å²) in [5.41, 5.74) is 3.77. The van der Waals surface area contributed by atoms with Crippen molar-refractivity contribution < 1.29 is 8.42 Å². The van der Waals surface area contributed by atoms with E-state index in [1.165, 1.54) is 6.07 Å². The predicted octanol–water partition coefficient (Wildman–Crippen LogP) is 2.73. The fraction of sp³-hybridized carbons (Fsp3) is 0.0769. The number of nitrogen functional groups attached to an aromatic ring is 1. The van der Waals surface area contributed by atoms with Crippen molar-refractivity contribution in [2.45, 2.75) is 11.8 Å². The standard InChI is InChI=1S/C13H14ClN3O2S/c1-9-5-4-6-10(14)13(9)17-20(18,19)12-8-3-2-7-11(12)16-15/h2-8,16-17H,15H2,1H3. The number of sulfonamides is 1. The maximum atomic E-state index is 12.4. The molecule has 2 aromatic rings. The molecule has 0 heterocycles. The van der Waals surface area contributed by atoms with E-state index in [4.69, 9.17) is 17.4 Å². The van der Waals surface area contributed by atoms with Crippen molar-refractivity contribution in [3.05, 3.63) is 53.1 Å².